The van der Waals surface area contributed by atoms with E-state index in [1.54, 1.807) is 7.11 Å². The maximum absolute atomic E-state index is 6.43. The summed E-state index contributed by atoms with van der Waals surface area (Å²) in [5, 5.41) is 0. The molecule has 0 radical (unpaired) electrons. The molecule has 0 saturated heterocycles. The fourth-order valence-corrected chi connectivity index (χ4v) is 2.90. The summed E-state index contributed by atoms with van der Waals surface area (Å²) in [5.74, 6) is 0.872. The number of nitrogens with two attached hydrogens (primary N) is 1. The predicted octanol–water partition coefficient (Wildman–Crippen LogP) is 4.12. The Labute approximate surface area is 122 Å². The topological polar surface area (TPSA) is 35.2 Å². The van der Waals surface area contributed by atoms with Crippen LogP contribution >= 0.6 is 15.9 Å². The monoisotopic (exact) mass is 319 g/mol. The van der Waals surface area contributed by atoms with Crippen LogP contribution in [0.25, 0.3) is 0 Å². The largest absolute Gasteiger partial charge is 0.496 e. The van der Waals surface area contributed by atoms with Gasteiger partial charge in [0.1, 0.15) is 5.75 Å². The Bertz CT molecular complexity index is 581. The van der Waals surface area contributed by atoms with Crippen LogP contribution in [0.3, 0.4) is 0 Å². The molecule has 0 fully saturated rings. The van der Waals surface area contributed by atoms with Crippen molar-refractivity contribution < 1.29 is 4.74 Å². The maximum atomic E-state index is 6.43. The maximum Gasteiger partial charge on any atom is 0.127 e. The molecule has 2 aromatic rings. The molecule has 0 aliphatic carbocycles. The first-order valence-electron chi connectivity index (χ1n) is 6.20. The summed E-state index contributed by atoms with van der Waals surface area (Å²) in [4.78, 5) is 0. The summed E-state index contributed by atoms with van der Waals surface area (Å²) in [6.07, 6.45) is 0. The lowest BCUT2D eigenvalue weighted by molar-refractivity contribution is 0.404. The van der Waals surface area contributed by atoms with Gasteiger partial charge in [0.15, 0.2) is 0 Å². The van der Waals surface area contributed by atoms with E-state index in [9.17, 15) is 0 Å². The van der Waals surface area contributed by atoms with Crippen LogP contribution in [0.5, 0.6) is 5.75 Å². The fourth-order valence-electron chi connectivity index (χ4n) is 2.35. The average molecular weight is 320 g/mol. The van der Waals surface area contributed by atoms with E-state index in [0.29, 0.717) is 0 Å². The molecule has 0 bridgehead atoms. The van der Waals surface area contributed by atoms with Crippen molar-refractivity contribution in [1.29, 1.82) is 0 Å². The molecule has 0 aliphatic rings. The van der Waals surface area contributed by atoms with Gasteiger partial charge in [0, 0.05) is 10.0 Å². The highest BCUT2D eigenvalue weighted by atomic mass is 79.9. The second kappa shape index (κ2) is 5.76. The van der Waals surface area contributed by atoms with Crippen LogP contribution in [0.15, 0.2) is 40.9 Å². The van der Waals surface area contributed by atoms with Crippen LogP contribution in [0.1, 0.15) is 28.3 Å². The highest BCUT2D eigenvalue weighted by Crippen LogP contribution is 2.37. The SMILES string of the molecule is COc1c(C)cc(Br)c(C)c1C(N)c1ccccc1. The Hall–Kier alpha value is -1.32. The molecule has 0 aromatic heterocycles. The Morgan fingerprint density at radius 3 is 2.37 bits per heavy atom. The van der Waals surface area contributed by atoms with Crippen molar-refractivity contribution in [3.8, 4) is 5.75 Å². The molecule has 100 valence electrons. The normalized spacial score (nSPS) is 12.3. The van der Waals surface area contributed by atoms with Crippen molar-refractivity contribution in [3.05, 3.63) is 63.1 Å². The third kappa shape index (κ3) is 2.67. The van der Waals surface area contributed by atoms with Crippen molar-refractivity contribution in [1.82, 2.24) is 0 Å². The average Bonchev–Trinajstić information content (AvgIpc) is 2.42. The Morgan fingerprint density at radius 1 is 1.16 bits per heavy atom. The lowest BCUT2D eigenvalue weighted by Gasteiger charge is -2.21. The van der Waals surface area contributed by atoms with Gasteiger partial charge in [0.2, 0.25) is 0 Å². The van der Waals surface area contributed by atoms with Crippen molar-refractivity contribution in [2.75, 3.05) is 7.11 Å². The minimum Gasteiger partial charge on any atom is -0.496 e. The van der Waals surface area contributed by atoms with Crippen LogP contribution in [-0.4, -0.2) is 7.11 Å². The molecule has 3 heteroatoms. The molecule has 1 atom stereocenters. The van der Waals surface area contributed by atoms with E-state index < -0.39 is 0 Å². The molecular formula is C16H18BrNO. The van der Waals surface area contributed by atoms with Crippen LogP contribution in [0, 0.1) is 13.8 Å². The summed E-state index contributed by atoms with van der Waals surface area (Å²) in [6, 6.07) is 12.0. The molecule has 2 aromatic carbocycles. The Balaban J connectivity index is 2.61. The molecule has 0 aliphatic heterocycles. The van der Waals surface area contributed by atoms with E-state index in [4.69, 9.17) is 10.5 Å². The van der Waals surface area contributed by atoms with Gasteiger partial charge in [0.25, 0.3) is 0 Å². The van der Waals surface area contributed by atoms with Gasteiger partial charge in [-0.25, -0.2) is 0 Å². The molecule has 19 heavy (non-hydrogen) atoms. The van der Waals surface area contributed by atoms with E-state index >= 15 is 0 Å². The summed E-state index contributed by atoms with van der Waals surface area (Å²) >= 11 is 3.59. The third-order valence-electron chi connectivity index (χ3n) is 3.38. The number of halogens is 1. The van der Waals surface area contributed by atoms with Gasteiger partial charge in [-0.1, -0.05) is 46.3 Å². The second-order valence-corrected chi connectivity index (χ2v) is 5.49. The van der Waals surface area contributed by atoms with Gasteiger partial charge in [-0.15, -0.1) is 0 Å². The standard InChI is InChI=1S/C16H18BrNO/c1-10-9-13(17)11(2)14(16(10)19-3)15(18)12-7-5-4-6-8-12/h4-9,15H,18H2,1-3H3. The molecule has 0 saturated carbocycles. The summed E-state index contributed by atoms with van der Waals surface area (Å²) < 4.78 is 6.62. The zero-order valence-electron chi connectivity index (χ0n) is 11.4. The van der Waals surface area contributed by atoms with Gasteiger partial charge in [0.05, 0.1) is 13.2 Å². The van der Waals surface area contributed by atoms with Crippen LogP contribution < -0.4 is 10.5 Å². The highest BCUT2D eigenvalue weighted by molar-refractivity contribution is 9.10. The van der Waals surface area contributed by atoms with E-state index in [2.05, 4.69) is 28.9 Å². The predicted molar refractivity (Wildman–Crippen MR) is 82.6 cm³/mol. The lowest BCUT2D eigenvalue weighted by Crippen LogP contribution is -2.15. The number of hydrogen-bond acceptors (Lipinski definition) is 2. The minimum atomic E-state index is -0.188. The lowest BCUT2D eigenvalue weighted by atomic mass is 9.93. The Morgan fingerprint density at radius 2 is 1.79 bits per heavy atom. The zero-order chi connectivity index (χ0) is 14.0. The van der Waals surface area contributed by atoms with Crippen LogP contribution in [0.2, 0.25) is 0 Å². The number of rotatable bonds is 3. The number of ether oxygens (including phenoxy) is 1. The molecule has 2 nitrogen and oxygen atoms in total. The summed E-state index contributed by atoms with van der Waals surface area (Å²) in [7, 11) is 1.69. The molecule has 0 amide bonds. The van der Waals surface area contributed by atoms with Gasteiger partial charge in [-0.2, -0.15) is 0 Å². The van der Waals surface area contributed by atoms with Crippen LogP contribution in [-0.2, 0) is 0 Å². The first-order chi connectivity index (χ1) is 9.06. The third-order valence-corrected chi connectivity index (χ3v) is 4.21. The van der Waals surface area contributed by atoms with Crippen molar-refractivity contribution in [2.24, 2.45) is 5.73 Å². The molecule has 1 unspecified atom stereocenters. The van der Waals surface area contributed by atoms with Gasteiger partial charge in [-0.05, 0) is 36.6 Å². The first-order valence-corrected chi connectivity index (χ1v) is 6.99. The van der Waals surface area contributed by atoms with Crippen molar-refractivity contribution in [2.45, 2.75) is 19.9 Å². The van der Waals surface area contributed by atoms with Crippen molar-refractivity contribution in [3.63, 3.8) is 0 Å². The number of aryl methyl sites for hydroxylation is 1. The molecule has 0 spiro atoms. The Kier molecular flexibility index (Phi) is 4.27. The van der Waals surface area contributed by atoms with E-state index in [0.717, 1.165) is 32.5 Å². The van der Waals surface area contributed by atoms with Crippen molar-refractivity contribution >= 4 is 15.9 Å². The smallest absolute Gasteiger partial charge is 0.127 e. The van der Waals surface area contributed by atoms with E-state index in [1.807, 2.05) is 37.3 Å². The summed E-state index contributed by atoms with van der Waals surface area (Å²) in [6.45, 7) is 4.09. The van der Waals surface area contributed by atoms with Crippen LogP contribution in [0.4, 0.5) is 0 Å². The fraction of sp³-hybridized carbons (Fsp3) is 0.250. The second-order valence-electron chi connectivity index (χ2n) is 4.64. The molecular weight excluding hydrogens is 302 g/mol. The van der Waals surface area contributed by atoms with E-state index in [-0.39, 0.29) is 6.04 Å². The number of benzene rings is 2. The molecule has 2 rings (SSSR count). The zero-order valence-corrected chi connectivity index (χ0v) is 13.0. The number of methoxy groups -OCH3 is 1. The number of hydrogen-bond donors (Lipinski definition) is 1. The quantitative estimate of drug-likeness (QED) is 0.923. The molecule has 0 heterocycles. The van der Waals surface area contributed by atoms with Gasteiger partial charge >= 0.3 is 0 Å². The first kappa shape index (κ1) is 14.1. The van der Waals surface area contributed by atoms with Gasteiger partial charge < -0.3 is 10.5 Å². The summed E-state index contributed by atoms with van der Waals surface area (Å²) in [5.41, 5.74) is 10.8. The van der Waals surface area contributed by atoms with E-state index in [1.165, 1.54) is 0 Å². The minimum absolute atomic E-state index is 0.188. The highest BCUT2D eigenvalue weighted by Gasteiger charge is 2.20. The molecule has 2 N–H and O–H groups in total. The van der Waals surface area contributed by atoms with Gasteiger partial charge in [-0.3, -0.25) is 0 Å².